The molecule has 0 amide bonds. The lowest BCUT2D eigenvalue weighted by molar-refractivity contribution is 0.688. The molecule has 0 atom stereocenters. The largest absolute Gasteiger partial charge is 0.305 e. The van der Waals surface area contributed by atoms with Gasteiger partial charge in [-0.15, -0.1) is 0 Å². The predicted octanol–water partition coefficient (Wildman–Crippen LogP) is 1.96. The van der Waals surface area contributed by atoms with E-state index in [1.807, 2.05) is 19.9 Å². The summed E-state index contributed by atoms with van der Waals surface area (Å²) in [4.78, 5) is 20.1. The van der Waals surface area contributed by atoms with Gasteiger partial charge in [0.05, 0.1) is 6.54 Å². The number of aromatic nitrogens is 3. The number of aryl methyl sites for hydroxylation is 2. The summed E-state index contributed by atoms with van der Waals surface area (Å²) in [5.41, 5.74) is 1.60. The van der Waals surface area contributed by atoms with Crippen molar-refractivity contribution in [1.29, 1.82) is 0 Å². The van der Waals surface area contributed by atoms with Crippen molar-refractivity contribution in [3.8, 4) is 0 Å². The summed E-state index contributed by atoms with van der Waals surface area (Å²) in [5.74, 6) is 0.548. The monoisotopic (exact) mass is 249 g/mol. The van der Waals surface area contributed by atoms with Gasteiger partial charge in [-0.3, -0.25) is 4.79 Å². The van der Waals surface area contributed by atoms with Gasteiger partial charge in [0.2, 0.25) is 0 Å². The molecule has 0 aliphatic heterocycles. The maximum absolute atomic E-state index is 11.7. The van der Waals surface area contributed by atoms with E-state index < -0.39 is 0 Å². The molecule has 0 spiro atoms. The van der Waals surface area contributed by atoms with Crippen LogP contribution in [-0.2, 0) is 6.54 Å². The lowest BCUT2D eigenvalue weighted by atomic mass is 10.3. The lowest BCUT2D eigenvalue weighted by Gasteiger charge is -2.08. The molecule has 0 radical (unpaired) electrons. The third kappa shape index (κ3) is 2.71. The minimum atomic E-state index is -0.0637. The van der Waals surface area contributed by atoms with E-state index >= 15 is 0 Å². The zero-order chi connectivity index (χ0) is 12.4. The third-order valence-corrected chi connectivity index (χ3v) is 2.63. The van der Waals surface area contributed by atoms with Crippen LogP contribution in [0.2, 0.25) is 5.15 Å². The average Bonchev–Trinajstić information content (AvgIpc) is 2.22. The first-order valence-corrected chi connectivity index (χ1v) is 5.60. The first kappa shape index (κ1) is 11.8. The molecule has 0 saturated carbocycles. The van der Waals surface area contributed by atoms with Crippen molar-refractivity contribution < 1.29 is 0 Å². The maximum atomic E-state index is 11.7. The lowest BCUT2D eigenvalue weighted by Crippen LogP contribution is -2.22. The van der Waals surface area contributed by atoms with E-state index in [1.165, 1.54) is 6.07 Å². The van der Waals surface area contributed by atoms with Crippen molar-refractivity contribution in [3.05, 3.63) is 57.0 Å². The normalized spacial score (nSPS) is 10.5. The summed E-state index contributed by atoms with van der Waals surface area (Å²) in [6.07, 6.45) is 0. The smallest absolute Gasteiger partial charge is 0.251 e. The molecule has 0 aromatic carbocycles. The fraction of sp³-hybridized carbons (Fsp3) is 0.250. The first-order valence-electron chi connectivity index (χ1n) is 5.23. The summed E-state index contributed by atoms with van der Waals surface area (Å²) in [6, 6.07) is 6.81. The molecule has 2 heterocycles. The van der Waals surface area contributed by atoms with Crippen LogP contribution in [0.15, 0.2) is 29.1 Å². The van der Waals surface area contributed by atoms with Crippen molar-refractivity contribution >= 4 is 11.6 Å². The Hall–Kier alpha value is -1.68. The molecule has 88 valence electrons. The maximum Gasteiger partial charge on any atom is 0.251 e. The summed E-state index contributed by atoms with van der Waals surface area (Å²) in [5, 5.41) is 0.397. The van der Waals surface area contributed by atoms with Gasteiger partial charge in [-0.05, 0) is 26.0 Å². The van der Waals surface area contributed by atoms with E-state index in [0.29, 0.717) is 17.5 Å². The number of nitrogens with zero attached hydrogens (tertiary/aromatic N) is 3. The van der Waals surface area contributed by atoms with Crippen molar-refractivity contribution in [2.75, 3.05) is 0 Å². The van der Waals surface area contributed by atoms with Gasteiger partial charge in [0.15, 0.2) is 0 Å². The molecule has 0 aliphatic carbocycles. The van der Waals surface area contributed by atoms with Gasteiger partial charge < -0.3 is 4.57 Å². The molecule has 0 bridgehead atoms. The molecule has 0 N–H and O–H groups in total. The first-order chi connectivity index (χ1) is 8.06. The highest BCUT2D eigenvalue weighted by atomic mass is 35.5. The number of halogens is 1. The van der Waals surface area contributed by atoms with Crippen molar-refractivity contribution in [2.45, 2.75) is 20.4 Å². The van der Waals surface area contributed by atoms with Crippen LogP contribution in [-0.4, -0.2) is 14.5 Å². The van der Waals surface area contributed by atoms with Crippen LogP contribution in [0.3, 0.4) is 0 Å². The SMILES string of the molecule is Cc1cc(Cl)nc(Cn2c(C)cccc2=O)n1. The van der Waals surface area contributed by atoms with Crippen LogP contribution in [0.25, 0.3) is 0 Å². The van der Waals surface area contributed by atoms with Crippen molar-refractivity contribution in [3.63, 3.8) is 0 Å². The minimum absolute atomic E-state index is 0.0637. The highest BCUT2D eigenvalue weighted by Crippen LogP contribution is 2.07. The quantitative estimate of drug-likeness (QED) is 0.765. The molecule has 0 fully saturated rings. The Labute approximate surface area is 104 Å². The Morgan fingerprint density at radius 2 is 2.06 bits per heavy atom. The summed E-state index contributed by atoms with van der Waals surface area (Å²) in [7, 11) is 0. The van der Waals surface area contributed by atoms with Gasteiger partial charge in [0.1, 0.15) is 11.0 Å². The number of pyridine rings is 1. The second-order valence-corrected chi connectivity index (χ2v) is 4.23. The minimum Gasteiger partial charge on any atom is -0.305 e. The van der Waals surface area contributed by atoms with Gasteiger partial charge >= 0.3 is 0 Å². The Balaban J connectivity index is 2.41. The number of rotatable bonds is 2. The second kappa shape index (κ2) is 4.67. The fourth-order valence-electron chi connectivity index (χ4n) is 1.63. The fourth-order valence-corrected chi connectivity index (χ4v) is 1.88. The van der Waals surface area contributed by atoms with Crippen LogP contribution >= 0.6 is 11.6 Å². The Bertz CT molecular complexity index is 587. The summed E-state index contributed by atoms with van der Waals surface area (Å²) in [6.45, 7) is 4.06. The van der Waals surface area contributed by atoms with E-state index in [4.69, 9.17) is 11.6 Å². The summed E-state index contributed by atoms with van der Waals surface area (Å²) >= 11 is 5.86. The van der Waals surface area contributed by atoms with Gasteiger partial charge in [0.25, 0.3) is 5.56 Å². The highest BCUT2D eigenvalue weighted by molar-refractivity contribution is 6.29. The van der Waals surface area contributed by atoms with Gasteiger partial charge in [0, 0.05) is 17.5 Å². The van der Waals surface area contributed by atoms with E-state index in [0.717, 1.165) is 11.4 Å². The van der Waals surface area contributed by atoms with Crippen LogP contribution in [0.5, 0.6) is 0 Å². The van der Waals surface area contributed by atoms with E-state index in [1.54, 1.807) is 16.7 Å². The predicted molar refractivity (Wildman–Crippen MR) is 66.3 cm³/mol. The second-order valence-electron chi connectivity index (χ2n) is 3.84. The molecular formula is C12H12ClN3O. The molecule has 0 aliphatic rings. The highest BCUT2D eigenvalue weighted by Gasteiger charge is 2.05. The molecule has 0 unspecified atom stereocenters. The Kier molecular flexibility index (Phi) is 3.24. The van der Waals surface area contributed by atoms with E-state index in [2.05, 4.69) is 9.97 Å². The van der Waals surface area contributed by atoms with Gasteiger partial charge in [-0.25, -0.2) is 9.97 Å². The van der Waals surface area contributed by atoms with Crippen LogP contribution in [0.4, 0.5) is 0 Å². The zero-order valence-electron chi connectivity index (χ0n) is 9.64. The van der Waals surface area contributed by atoms with Gasteiger partial charge in [-0.2, -0.15) is 0 Å². The zero-order valence-corrected chi connectivity index (χ0v) is 10.4. The molecule has 17 heavy (non-hydrogen) atoms. The standard InChI is InChI=1S/C12H12ClN3O/c1-8-6-10(13)15-11(14-8)7-16-9(2)4-3-5-12(16)17/h3-6H,7H2,1-2H3. The third-order valence-electron chi connectivity index (χ3n) is 2.44. The van der Waals surface area contributed by atoms with E-state index in [-0.39, 0.29) is 5.56 Å². The molecule has 2 aromatic rings. The van der Waals surface area contributed by atoms with Crippen molar-refractivity contribution in [1.82, 2.24) is 14.5 Å². The molecule has 4 nitrogen and oxygen atoms in total. The molecule has 0 saturated heterocycles. The number of hydrogen-bond donors (Lipinski definition) is 0. The van der Waals surface area contributed by atoms with Crippen LogP contribution in [0.1, 0.15) is 17.2 Å². The average molecular weight is 250 g/mol. The van der Waals surface area contributed by atoms with Crippen molar-refractivity contribution in [2.24, 2.45) is 0 Å². The Morgan fingerprint density at radius 3 is 2.71 bits per heavy atom. The Morgan fingerprint density at radius 1 is 1.29 bits per heavy atom. The topological polar surface area (TPSA) is 47.8 Å². The molecule has 5 heteroatoms. The van der Waals surface area contributed by atoms with Crippen LogP contribution in [0, 0.1) is 13.8 Å². The molecule has 2 rings (SSSR count). The van der Waals surface area contributed by atoms with Crippen LogP contribution < -0.4 is 5.56 Å². The summed E-state index contributed by atoms with van der Waals surface area (Å²) < 4.78 is 1.62. The van der Waals surface area contributed by atoms with E-state index in [9.17, 15) is 4.79 Å². The molecule has 2 aromatic heterocycles. The number of hydrogen-bond acceptors (Lipinski definition) is 3. The van der Waals surface area contributed by atoms with Gasteiger partial charge in [-0.1, -0.05) is 17.7 Å². The molecular weight excluding hydrogens is 238 g/mol.